The fraction of sp³-hybridized carbons (Fsp3) is 0.0833. The average Bonchev–Trinajstić information content (AvgIpc) is 2.27. The highest BCUT2D eigenvalue weighted by atomic mass is 35.5. The lowest BCUT2D eigenvalue weighted by atomic mass is 10.2. The first-order valence-electron chi connectivity index (χ1n) is 4.75. The summed E-state index contributed by atoms with van der Waals surface area (Å²) < 4.78 is 14.7. The SMILES string of the molecule is O=c1ccn(Cc2ccc(F)c(Cl)c2)cc1. The summed E-state index contributed by atoms with van der Waals surface area (Å²) in [5.74, 6) is -0.426. The first-order valence-corrected chi connectivity index (χ1v) is 5.13. The van der Waals surface area contributed by atoms with Gasteiger partial charge in [0, 0.05) is 31.1 Å². The maximum absolute atomic E-state index is 12.9. The molecule has 0 aliphatic rings. The molecule has 2 nitrogen and oxygen atoms in total. The molecule has 4 heteroatoms. The van der Waals surface area contributed by atoms with Crippen LogP contribution in [0.1, 0.15) is 5.56 Å². The summed E-state index contributed by atoms with van der Waals surface area (Å²) in [6.45, 7) is 0.556. The molecule has 0 saturated carbocycles. The van der Waals surface area contributed by atoms with E-state index in [4.69, 9.17) is 11.6 Å². The van der Waals surface area contributed by atoms with Crippen LogP contribution in [0.3, 0.4) is 0 Å². The average molecular weight is 238 g/mol. The molecule has 0 unspecified atom stereocenters. The number of rotatable bonds is 2. The van der Waals surface area contributed by atoms with Crippen molar-refractivity contribution in [1.82, 2.24) is 4.57 Å². The number of halogens is 2. The molecule has 2 aromatic rings. The minimum absolute atomic E-state index is 0.0339. The van der Waals surface area contributed by atoms with E-state index in [2.05, 4.69) is 0 Å². The molecular weight excluding hydrogens is 229 g/mol. The number of benzene rings is 1. The zero-order valence-electron chi connectivity index (χ0n) is 8.36. The van der Waals surface area contributed by atoms with Crippen molar-refractivity contribution < 1.29 is 4.39 Å². The number of hydrogen-bond acceptors (Lipinski definition) is 1. The summed E-state index contributed by atoms with van der Waals surface area (Å²) in [7, 11) is 0. The summed E-state index contributed by atoms with van der Waals surface area (Å²) in [4.78, 5) is 10.9. The molecule has 1 aromatic heterocycles. The van der Waals surface area contributed by atoms with Gasteiger partial charge in [0.25, 0.3) is 0 Å². The molecule has 1 heterocycles. The van der Waals surface area contributed by atoms with Gasteiger partial charge >= 0.3 is 0 Å². The van der Waals surface area contributed by atoms with Gasteiger partial charge in [-0.1, -0.05) is 17.7 Å². The van der Waals surface area contributed by atoms with Crippen molar-refractivity contribution in [2.45, 2.75) is 6.54 Å². The number of pyridine rings is 1. The number of hydrogen-bond donors (Lipinski definition) is 0. The quantitative estimate of drug-likeness (QED) is 0.787. The summed E-state index contributed by atoms with van der Waals surface area (Å²) in [5, 5.41) is 0.110. The Hall–Kier alpha value is -1.61. The van der Waals surface area contributed by atoms with Crippen molar-refractivity contribution in [3.05, 3.63) is 69.4 Å². The van der Waals surface area contributed by atoms with Crippen molar-refractivity contribution in [3.63, 3.8) is 0 Å². The van der Waals surface area contributed by atoms with Crippen molar-refractivity contribution in [2.24, 2.45) is 0 Å². The minimum atomic E-state index is -0.426. The summed E-state index contributed by atoms with van der Waals surface area (Å²) >= 11 is 5.67. The van der Waals surface area contributed by atoms with Gasteiger partial charge in [0.05, 0.1) is 5.02 Å². The Labute approximate surface area is 96.9 Å². The minimum Gasteiger partial charge on any atom is -0.350 e. The zero-order chi connectivity index (χ0) is 11.5. The third-order valence-corrected chi connectivity index (χ3v) is 2.50. The lowest BCUT2D eigenvalue weighted by Gasteiger charge is -2.06. The van der Waals surface area contributed by atoms with E-state index in [0.717, 1.165) is 5.56 Å². The van der Waals surface area contributed by atoms with Crippen molar-refractivity contribution in [1.29, 1.82) is 0 Å². The molecule has 0 saturated heterocycles. The van der Waals surface area contributed by atoms with Crippen molar-refractivity contribution >= 4 is 11.6 Å². The summed E-state index contributed by atoms with van der Waals surface area (Å²) in [6.07, 6.45) is 3.36. The molecule has 0 aliphatic heterocycles. The molecular formula is C12H9ClFNO. The Bertz CT molecular complexity index is 545. The first kappa shape index (κ1) is 10.9. The molecule has 0 radical (unpaired) electrons. The summed E-state index contributed by atoms with van der Waals surface area (Å²) in [6, 6.07) is 7.53. The predicted octanol–water partition coefficient (Wildman–Crippen LogP) is 2.69. The van der Waals surface area contributed by atoms with Crippen molar-refractivity contribution in [2.75, 3.05) is 0 Å². The number of aromatic nitrogens is 1. The van der Waals surface area contributed by atoms with Crippen LogP contribution in [0.4, 0.5) is 4.39 Å². The molecule has 1 aromatic carbocycles. The molecule has 16 heavy (non-hydrogen) atoms. The second-order valence-corrected chi connectivity index (χ2v) is 3.86. The van der Waals surface area contributed by atoms with Crippen LogP contribution in [-0.4, -0.2) is 4.57 Å². The van der Waals surface area contributed by atoms with E-state index in [1.165, 1.54) is 18.2 Å². The molecule has 82 valence electrons. The molecule has 0 amide bonds. The normalized spacial score (nSPS) is 10.4. The highest BCUT2D eigenvalue weighted by Crippen LogP contribution is 2.16. The van der Waals surface area contributed by atoms with Crippen LogP contribution >= 0.6 is 11.6 Å². The Balaban J connectivity index is 2.23. The third kappa shape index (κ3) is 2.49. The predicted molar refractivity (Wildman–Crippen MR) is 61.2 cm³/mol. The van der Waals surface area contributed by atoms with Gasteiger partial charge in [-0.15, -0.1) is 0 Å². The second-order valence-electron chi connectivity index (χ2n) is 3.45. The van der Waals surface area contributed by atoms with Gasteiger partial charge in [-0.3, -0.25) is 4.79 Å². The highest BCUT2D eigenvalue weighted by Gasteiger charge is 2.00. The fourth-order valence-corrected chi connectivity index (χ4v) is 1.60. The van der Waals surface area contributed by atoms with Crippen molar-refractivity contribution in [3.8, 4) is 0 Å². The zero-order valence-corrected chi connectivity index (χ0v) is 9.12. The third-order valence-electron chi connectivity index (χ3n) is 2.21. The summed E-state index contributed by atoms with van der Waals surface area (Å²) in [5.41, 5.74) is 0.850. The van der Waals surface area contributed by atoms with Gasteiger partial charge in [0.2, 0.25) is 0 Å². The van der Waals surface area contributed by atoms with Gasteiger partial charge in [-0.25, -0.2) is 4.39 Å². The Morgan fingerprint density at radius 1 is 1.19 bits per heavy atom. The number of nitrogens with zero attached hydrogens (tertiary/aromatic N) is 1. The van der Waals surface area contributed by atoms with E-state index in [0.29, 0.717) is 6.54 Å². The van der Waals surface area contributed by atoms with Crippen LogP contribution in [-0.2, 0) is 6.54 Å². The molecule has 0 spiro atoms. The molecule has 0 aliphatic carbocycles. The van der Waals surface area contributed by atoms with Gasteiger partial charge in [0.15, 0.2) is 5.43 Å². The van der Waals surface area contributed by atoms with Gasteiger partial charge in [-0.05, 0) is 17.7 Å². The maximum Gasteiger partial charge on any atom is 0.181 e. The van der Waals surface area contributed by atoms with Crippen LogP contribution in [0, 0.1) is 5.82 Å². The van der Waals surface area contributed by atoms with Gasteiger partial charge in [-0.2, -0.15) is 0 Å². The maximum atomic E-state index is 12.9. The van der Waals surface area contributed by atoms with E-state index in [1.54, 1.807) is 24.5 Å². The van der Waals surface area contributed by atoms with Gasteiger partial charge in [0.1, 0.15) is 5.82 Å². The first-order chi connectivity index (χ1) is 7.65. The molecule has 0 bridgehead atoms. The largest absolute Gasteiger partial charge is 0.350 e. The van der Waals surface area contributed by atoms with E-state index in [-0.39, 0.29) is 10.5 Å². The molecule has 2 rings (SSSR count). The van der Waals surface area contributed by atoms with Crippen LogP contribution in [0.15, 0.2) is 47.5 Å². The standard InChI is InChI=1S/C12H9ClFNO/c13-11-7-9(1-2-12(11)14)8-15-5-3-10(16)4-6-15/h1-7H,8H2. The van der Waals surface area contributed by atoms with Crippen LogP contribution in [0.5, 0.6) is 0 Å². The van der Waals surface area contributed by atoms with E-state index in [9.17, 15) is 9.18 Å². The lowest BCUT2D eigenvalue weighted by Crippen LogP contribution is -2.04. The Morgan fingerprint density at radius 2 is 1.88 bits per heavy atom. The van der Waals surface area contributed by atoms with E-state index < -0.39 is 5.82 Å². The van der Waals surface area contributed by atoms with Crippen LogP contribution in [0.2, 0.25) is 5.02 Å². The highest BCUT2D eigenvalue weighted by molar-refractivity contribution is 6.30. The van der Waals surface area contributed by atoms with Gasteiger partial charge < -0.3 is 4.57 Å². The lowest BCUT2D eigenvalue weighted by molar-refractivity contribution is 0.626. The second kappa shape index (κ2) is 4.49. The molecule has 0 fully saturated rings. The Morgan fingerprint density at radius 3 is 2.50 bits per heavy atom. The van der Waals surface area contributed by atoms with Crippen LogP contribution in [0.25, 0.3) is 0 Å². The smallest absolute Gasteiger partial charge is 0.181 e. The van der Waals surface area contributed by atoms with E-state index >= 15 is 0 Å². The van der Waals surface area contributed by atoms with E-state index in [1.807, 2.05) is 4.57 Å². The monoisotopic (exact) mass is 237 g/mol. The molecule has 0 N–H and O–H groups in total. The van der Waals surface area contributed by atoms with Crippen LogP contribution < -0.4 is 5.43 Å². The Kier molecular flexibility index (Phi) is 3.06. The fourth-order valence-electron chi connectivity index (χ4n) is 1.40. The topological polar surface area (TPSA) is 22.0 Å². The molecule has 0 atom stereocenters.